The van der Waals surface area contributed by atoms with E-state index >= 15 is 0 Å². The molecule has 0 aromatic carbocycles. The predicted molar refractivity (Wildman–Crippen MR) is 316 cm³/mol. The number of carbonyl (C=O) groups is 3. The van der Waals surface area contributed by atoms with Gasteiger partial charge in [-0.2, -0.15) is 0 Å². The van der Waals surface area contributed by atoms with Crippen LogP contribution in [-0.2, 0) is 28.6 Å². The summed E-state index contributed by atoms with van der Waals surface area (Å²) in [5, 5.41) is 0. The van der Waals surface area contributed by atoms with Gasteiger partial charge in [0, 0.05) is 19.3 Å². The Bertz CT molecular complexity index is 1360. The lowest BCUT2D eigenvalue weighted by Crippen LogP contribution is -2.30. The summed E-state index contributed by atoms with van der Waals surface area (Å²) in [5.74, 6) is -0.895. The zero-order valence-corrected chi connectivity index (χ0v) is 48.4. The number of rotatable bonds is 57. The molecule has 0 saturated heterocycles. The minimum Gasteiger partial charge on any atom is -0.462 e. The first-order chi connectivity index (χ1) is 36.0. The maximum atomic E-state index is 12.9. The Kier molecular flexibility index (Phi) is 58.7. The first kappa shape index (κ1) is 69.8. The van der Waals surface area contributed by atoms with Crippen LogP contribution in [0.1, 0.15) is 316 Å². The molecule has 6 nitrogen and oxygen atoms in total. The molecule has 0 rings (SSSR count). The van der Waals surface area contributed by atoms with E-state index in [4.69, 9.17) is 14.2 Å². The van der Waals surface area contributed by atoms with Crippen LogP contribution in [0.5, 0.6) is 0 Å². The lowest BCUT2D eigenvalue weighted by atomic mass is 10.1. The third-order valence-electron chi connectivity index (χ3n) is 13.7. The summed E-state index contributed by atoms with van der Waals surface area (Å²) < 4.78 is 16.9. The van der Waals surface area contributed by atoms with Crippen molar-refractivity contribution in [1.29, 1.82) is 0 Å². The molecule has 0 aliphatic carbocycles. The molecule has 0 heterocycles. The van der Waals surface area contributed by atoms with Gasteiger partial charge in [-0.1, -0.05) is 254 Å². The third kappa shape index (κ3) is 59.6. The van der Waals surface area contributed by atoms with E-state index in [0.29, 0.717) is 19.3 Å². The molecule has 0 aromatic heterocycles. The van der Waals surface area contributed by atoms with Crippen molar-refractivity contribution in [2.24, 2.45) is 0 Å². The van der Waals surface area contributed by atoms with Crippen molar-refractivity contribution >= 4 is 17.9 Å². The maximum Gasteiger partial charge on any atom is 0.306 e. The molecule has 0 amide bonds. The van der Waals surface area contributed by atoms with Crippen molar-refractivity contribution in [3.05, 3.63) is 72.9 Å². The van der Waals surface area contributed by atoms with Gasteiger partial charge in [0.05, 0.1) is 0 Å². The average molecular weight is 1020 g/mol. The number of carbonyl (C=O) groups excluding carboxylic acids is 3. The Morgan fingerprint density at radius 3 is 0.795 bits per heavy atom. The summed E-state index contributed by atoms with van der Waals surface area (Å²) in [5.41, 5.74) is 0. The van der Waals surface area contributed by atoms with Crippen LogP contribution in [0.4, 0.5) is 0 Å². The number of ether oxygens (including phenoxy) is 3. The smallest absolute Gasteiger partial charge is 0.306 e. The Morgan fingerprint density at radius 2 is 0.493 bits per heavy atom. The van der Waals surface area contributed by atoms with Gasteiger partial charge in [0.1, 0.15) is 13.2 Å². The number of esters is 3. The highest BCUT2D eigenvalue weighted by Crippen LogP contribution is 2.15. The van der Waals surface area contributed by atoms with E-state index in [0.717, 1.165) is 96.3 Å². The summed E-state index contributed by atoms with van der Waals surface area (Å²) in [7, 11) is 0. The van der Waals surface area contributed by atoms with Crippen LogP contribution < -0.4 is 0 Å². The van der Waals surface area contributed by atoms with E-state index in [9.17, 15) is 14.4 Å². The van der Waals surface area contributed by atoms with Gasteiger partial charge in [-0.15, -0.1) is 0 Å². The zero-order chi connectivity index (χ0) is 52.9. The SMILES string of the molecule is CCCCCC/C=C\C/C=C\CCCCCCCCCC(=O)OC(COC(=O)CCCCCCC/C=C\CCCCCCC)COC(=O)CCCCCCCCCC/C=C\C/C=C\C/C=C\CCCCCCC. The highest BCUT2D eigenvalue weighted by atomic mass is 16.6. The summed E-state index contributed by atoms with van der Waals surface area (Å²) in [6.45, 7) is 6.61. The van der Waals surface area contributed by atoms with E-state index in [1.165, 1.54) is 180 Å². The van der Waals surface area contributed by atoms with Crippen molar-refractivity contribution in [2.45, 2.75) is 322 Å². The standard InChI is InChI=1S/C67H118O6/c1-4-7-10-13-16-19-22-25-28-30-32-33-34-35-36-38-39-42-45-48-51-54-57-60-66(69)72-63-64(62-71-65(68)59-56-53-50-47-44-41-27-24-21-18-15-12-9-6-3)73-67(70)61-58-55-52-49-46-43-40-37-31-29-26-23-20-17-14-11-8-5-2/h20,22-25,27,29-32,34-35,64H,4-19,21,26,28,33,36-63H2,1-3H3/b23-20-,25-22-,27-24-,31-29-,32-30-,35-34-. The normalized spacial score (nSPS) is 12.5. The lowest BCUT2D eigenvalue weighted by molar-refractivity contribution is -0.167. The van der Waals surface area contributed by atoms with E-state index < -0.39 is 6.10 Å². The van der Waals surface area contributed by atoms with Crippen LogP contribution in [-0.4, -0.2) is 37.2 Å². The zero-order valence-electron chi connectivity index (χ0n) is 48.4. The van der Waals surface area contributed by atoms with E-state index in [1.807, 2.05) is 0 Å². The minimum atomic E-state index is -0.787. The monoisotopic (exact) mass is 1020 g/mol. The van der Waals surface area contributed by atoms with E-state index in [1.54, 1.807) is 0 Å². The van der Waals surface area contributed by atoms with Crippen LogP contribution in [0, 0.1) is 0 Å². The van der Waals surface area contributed by atoms with Crippen molar-refractivity contribution < 1.29 is 28.6 Å². The summed E-state index contributed by atoms with van der Waals surface area (Å²) in [4.78, 5) is 38.3. The number of unbranched alkanes of at least 4 members (excludes halogenated alkanes) is 34. The molecular weight excluding hydrogens is 901 g/mol. The topological polar surface area (TPSA) is 78.9 Å². The van der Waals surface area contributed by atoms with Crippen LogP contribution in [0.2, 0.25) is 0 Å². The highest BCUT2D eigenvalue weighted by molar-refractivity contribution is 5.71. The lowest BCUT2D eigenvalue weighted by Gasteiger charge is -2.18. The second-order valence-electron chi connectivity index (χ2n) is 21.0. The molecular formula is C67H118O6. The number of allylic oxidation sites excluding steroid dienone is 12. The molecule has 0 spiro atoms. The maximum absolute atomic E-state index is 12.9. The van der Waals surface area contributed by atoms with Crippen LogP contribution in [0.3, 0.4) is 0 Å². The van der Waals surface area contributed by atoms with Gasteiger partial charge >= 0.3 is 17.9 Å². The minimum absolute atomic E-state index is 0.0843. The van der Waals surface area contributed by atoms with Gasteiger partial charge in [0.2, 0.25) is 0 Å². The van der Waals surface area contributed by atoms with E-state index in [-0.39, 0.29) is 31.1 Å². The molecule has 0 bridgehead atoms. The Morgan fingerprint density at radius 1 is 0.274 bits per heavy atom. The quantitative estimate of drug-likeness (QED) is 0.0261. The highest BCUT2D eigenvalue weighted by Gasteiger charge is 2.19. The fraction of sp³-hybridized carbons (Fsp3) is 0.776. The molecule has 0 aliphatic heterocycles. The van der Waals surface area contributed by atoms with Gasteiger partial charge < -0.3 is 14.2 Å². The number of hydrogen-bond acceptors (Lipinski definition) is 6. The predicted octanol–water partition coefficient (Wildman–Crippen LogP) is 21.3. The van der Waals surface area contributed by atoms with Crippen LogP contribution >= 0.6 is 0 Å². The van der Waals surface area contributed by atoms with Crippen molar-refractivity contribution in [3.8, 4) is 0 Å². The summed E-state index contributed by atoms with van der Waals surface area (Å²) in [6.07, 6.45) is 78.9. The molecule has 1 unspecified atom stereocenters. The molecule has 0 radical (unpaired) electrons. The third-order valence-corrected chi connectivity index (χ3v) is 13.7. The van der Waals surface area contributed by atoms with Gasteiger partial charge in [0.25, 0.3) is 0 Å². The first-order valence-electron chi connectivity index (χ1n) is 31.4. The Balaban J connectivity index is 4.37. The van der Waals surface area contributed by atoms with Crippen LogP contribution in [0.25, 0.3) is 0 Å². The Labute approximate surface area is 453 Å². The average Bonchev–Trinajstić information content (AvgIpc) is 3.39. The van der Waals surface area contributed by atoms with Crippen molar-refractivity contribution in [3.63, 3.8) is 0 Å². The van der Waals surface area contributed by atoms with Gasteiger partial charge in [0.15, 0.2) is 6.10 Å². The molecule has 0 saturated carbocycles. The largest absolute Gasteiger partial charge is 0.462 e. The molecule has 422 valence electrons. The van der Waals surface area contributed by atoms with Crippen LogP contribution in [0.15, 0.2) is 72.9 Å². The first-order valence-corrected chi connectivity index (χ1v) is 31.4. The molecule has 0 N–H and O–H groups in total. The Hall–Kier alpha value is -3.15. The summed E-state index contributed by atoms with van der Waals surface area (Å²) in [6, 6.07) is 0. The van der Waals surface area contributed by atoms with Crippen molar-refractivity contribution in [1.82, 2.24) is 0 Å². The van der Waals surface area contributed by atoms with Gasteiger partial charge in [-0.3, -0.25) is 14.4 Å². The van der Waals surface area contributed by atoms with E-state index in [2.05, 4.69) is 93.7 Å². The molecule has 6 heteroatoms. The molecule has 0 fully saturated rings. The fourth-order valence-electron chi connectivity index (χ4n) is 8.89. The second-order valence-corrected chi connectivity index (χ2v) is 21.0. The number of hydrogen-bond donors (Lipinski definition) is 0. The molecule has 0 aromatic rings. The molecule has 73 heavy (non-hydrogen) atoms. The summed E-state index contributed by atoms with van der Waals surface area (Å²) >= 11 is 0. The molecule has 1 atom stereocenters. The fourth-order valence-corrected chi connectivity index (χ4v) is 8.89. The van der Waals surface area contributed by atoms with Crippen molar-refractivity contribution in [2.75, 3.05) is 13.2 Å². The second kappa shape index (κ2) is 61.4. The van der Waals surface area contributed by atoms with Gasteiger partial charge in [-0.25, -0.2) is 0 Å². The molecule has 0 aliphatic rings. The van der Waals surface area contributed by atoms with Gasteiger partial charge in [-0.05, 0) is 116 Å².